The molecule has 0 saturated carbocycles. The summed E-state index contributed by atoms with van der Waals surface area (Å²) in [6, 6.07) is 14.8. The Morgan fingerprint density at radius 1 is 1.13 bits per heavy atom. The highest BCUT2D eigenvalue weighted by atomic mass is 35.5. The van der Waals surface area contributed by atoms with Gasteiger partial charge in [0, 0.05) is 30.8 Å². The number of halogens is 2. The van der Waals surface area contributed by atoms with E-state index in [9.17, 15) is 4.79 Å². The van der Waals surface area contributed by atoms with Gasteiger partial charge in [0.25, 0.3) is 0 Å². The van der Waals surface area contributed by atoms with E-state index in [4.69, 9.17) is 23.2 Å². The fourth-order valence-electron chi connectivity index (χ4n) is 2.09. The van der Waals surface area contributed by atoms with Crippen LogP contribution >= 0.6 is 23.2 Å². The minimum absolute atomic E-state index is 0.281. The topological polar surface area (TPSA) is 44.4 Å². The van der Waals surface area contributed by atoms with Crippen LogP contribution in [0.5, 0.6) is 0 Å². The van der Waals surface area contributed by atoms with Crippen LogP contribution in [0.25, 0.3) is 0 Å². The Kier molecular flexibility index (Phi) is 6.56. The molecule has 0 aliphatic heterocycles. The quantitative estimate of drug-likeness (QED) is 0.744. The Bertz CT molecular complexity index is 650. The van der Waals surface area contributed by atoms with Gasteiger partial charge in [0.1, 0.15) is 0 Å². The smallest absolute Gasteiger partial charge is 0.319 e. The standard InChI is InChI=1S/C17H19Cl2N3O/c1-22(14-6-3-2-4-7-14)11-5-10-20-17(23)21-16-9-8-13(18)12-15(16)19/h2-4,6-9,12H,5,10-11H2,1H3,(H2,20,21,23). The average molecular weight is 352 g/mol. The summed E-state index contributed by atoms with van der Waals surface area (Å²) in [6.07, 6.45) is 0.840. The molecule has 4 nitrogen and oxygen atoms in total. The van der Waals surface area contributed by atoms with Crippen LogP contribution in [0.2, 0.25) is 10.0 Å². The number of amides is 2. The number of benzene rings is 2. The lowest BCUT2D eigenvalue weighted by atomic mass is 10.3. The zero-order valence-corrected chi connectivity index (χ0v) is 14.4. The molecule has 0 aromatic heterocycles. The summed E-state index contributed by atoms with van der Waals surface area (Å²) in [5.41, 5.74) is 1.69. The van der Waals surface area contributed by atoms with E-state index in [1.807, 2.05) is 25.2 Å². The molecule has 0 spiro atoms. The lowest BCUT2D eigenvalue weighted by molar-refractivity contribution is 0.252. The Balaban J connectivity index is 1.71. The summed E-state index contributed by atoms with van der Waals surface area (Å²) in [5.74, 6) is 0. The number of carbonyl (C=O) groups is 1. The lowest BCUT2D eigenvalue weighted by Crippen LogP contribution is -2.31. The maximum Gasteiger partial charge on any atom is 0.319 e. The first-order chi connectivity index (χ1) is 11.1. The van der Waals surface area contributed by atoms with Crippen molar-refractivity contribution in [2.24, 2.45) is 0 Å². The molecule has 0 saturated heterocycles. The van der Waals surface area contributed by atoms with E-state index in [0.29, 0.717) is 22.3 Å². The van der Waals surface area contributed by atoms with E-state index in [2.05, 4.69) is 27.7 Å². The second-order valence-electron chi connectivity index (χ2n) is 5.12. The third kappa shape index (κ3) is 5.66. The van der Waals surface area contributed by atoms with E-state index in [1.165, 1.54) is 0 Å². The van der Waals surface area contributed by atoms with Gasteiger partial charge in [-0.25, -0.2) is 4.79 Å². The Hall–Kier alpha value is -1.91. The normalized spacial score (nSPS) is 10.2. The largest absolute Gasteiger partial charge is 0.375 e. The van der Waals surface area contributed by atoms with Crippen LogP contribution in [0.3, 0.4) is 0 Å². The molecule has 2 amide bonds. The molecule has 23 heavy (non-hydrogen) atoms. The zero-order valence-electron chi connectivity index (χ0n) is 12.9. The third-order valence-electron chi connectivity index (χ3n) is 3.33. The van der Waals surface area contributed by atoms with Crippen molar-refractivity contribution < 1.29 is 4.79 Å². The number of urea groups is 1. The van der Waals surface area contributed by atoms with E-state index >= 15 is 0 Å². The van der Waals surface area contributed by atoms with Gasteiger partial charge < -0.3 is 15.5 Å². The highest BCUT2D eigenvalue weighted by Crippen LogP contribution is 2.25. The van der Waals surface area contributed by atoms with Gasteiger partial charge >= 0.3 is 6.03 Å². The van der Waals surface area contributed by atoms with Crippen molar-refractivity contribution in [3.63, 3.8) is 0 Å². The molecule has 0 radical (unpaired) electrons. The third-order valence-corrected chi connectivity index (χ3v) is 3.88. The van der Waals surface area contributed by atoms with Gasteiger partial charge in [-0.3, -0.25) is 0 Å². The van der Waals surface area contributed by atoms with E-state index in [-0.39, 0.29) is 6.03 Å². The SMILES string of the molecule is CN(CCCNC(=O)Nc1ccc(Cl)cc1Cl)c1ccccc1. The van der Waals surface area contributed by atoms with Crippen LogP contribution in [0, 0.1) is 0 Å². The molecule has 2 aromatic carbocycles. The number of hydrogen-bond acceptors (Lipinski definition) is 2. The summed E-state index contributed by atoms with van der Waals surface area (Å²) in [6.45, 7) is 1.43. The van der Waals surface area contributed by atoms with Gasteiger partial charge in [0.2, 0.25) is 0 Å². The van der Waals surface area contributed by atoms with Crippen molar-refractivity contribution in [2.75, 3.05) is 30.4 Å². The van der Waals surface area contributed by atoms with Crippen molar-refractivity contribution in [2.45, 2.75) is 6.42 Å². The lowest BCUT2D eigenvalue weighted by Gasteiger charge is -2.19. The van der Waals surface area contributed by atoms with Gasteiger partial charge in [-0.05, 0) is 36.8 Å². The predicted octanol–water partition coefficient (Wildman–Crippen LogP) is 4.64. The summed E-state index contributed by atoms with van der Waals surface area (Å²) < 4.78 is 0. The number of anilines is 2. The fraction of sp³-hybridized carbons (Fsp3) is 0.235. The van der Waals surface area contributed by atoms with E-state index in [1.54, 1.807) is 18.2 Å². The van der Waals surface area contributed by atoms with Gasteiger partial charge in [-0.2, -0.15) is 0 Å². The average Bonchev–Trinajstić information content (AvgIpc) is 2.55. The first-order valence-electron chi connectivity index (χ1n) is 7.32. The molecular weight excluding hydrogens is 333 g/mol. The van der Waals surface area contributed by atoms with Crippen LogP contribution < -0.4 is 15.5 Å². The molecule has 6 heteroatoms. The van der Waals surface area contributed by atoms with Crippen LogP contribution in [0.1, 0.15) is 6.42 Å². The first-order valence-corrected chi connectivity index (χ1v) is 8.08. The highest BCUT2D eigenvalue weighted by Gasteiger charge is 2.06. The predicted molar refractivity (Wildman–Crippen MR) is 97.8 cm³/mol. The molecule has 2 aromatic rings. The van der Waals surface area contributed by atoms with Crippen molar-refractivity contribution in [3.8, 4) is 0 Å². The summed E-state index contributed by atoms with van der Waals surface area (Å²) in [4.78, 5) is 14.0. The Morgan fingerprint density at radius 3 is 2.57 bits per heavy atom. The molecule has 2 rings (SSSR count). The molecular formula is C17H19Cl2N3O. The molecule has 122 valence electrons. The second kappa shape index (κ2) is 8.65. The number of rotatable bonds is 6. The number of hydrogen-bond donors (Lipinski definition) is 2. The van der Waals surface area contributed by atoms with Crippen LogP contribution in [-0.2, 0) is 0 Å². The molecule has 0 bridgehead atoms. The second-order valence-corrected chi connectivity index (χ2v) is 5.96. The van der Waals surface area contributed by atoms with Crippen LogP contribution in [-0.4, -0.2) is 26.2 Å². The molecule has 2 N–H and O–H groups in total. The fourth-order valence-corrected chi connectivity index (χ4v) is 2.54. The minimum atomic E-state index is -0.281. The number of nitrogens with one attached hydrogen (secondary N) is 2. The molecule has 0 heterocycles. The summed E-state index contributed by atoms with van der Waals surface area (Å²) >= 11 is 11.8. The molecule has 0 aliphatic carbocycles. The van der Waals surface area contributed by atoms with Gasteiger partial charge in [0.15, 0.2) is 0 Å². The zero-order chi connectivity index (χ0) is 16.7. The first kappa shape index (κ1) is 17.4. The maximum atomic E-state index is 11.8. The molecule has 0 aliphatic rings. The highest BCUT2D eigenvalue weighted by molar-refractivity contribution is 6.36. The van der Waals surface area contributed by atoms with E-state index in [0.717, 1.165) is 18.7 Å². The van der Waals surface area contributed by atoms with Crippen molar-refractivity contribution in [1.82, 2.24) is 5.32 Å². The molecule has 0 fully saturated rings. The number of nitrogens with zero attached hydrogens (tertiary/aromatic N) is 1. The van der Waals surface area contributed by atoms with E-state index < -0.39 is 0 Å². The molecule has 0 atom stereocenters. The maximum absolute atomic E-state index is 11.8. The number of para-hydroxylation sites is 1. The van der Waals surface area contributed by atoms with Crippen molar-refractivity contribution in [1.29, 1.82) is 0 Å². The van der Waals surface area contributed by atoms with Crippen molar-refractivity contribution in [3.05, 3.63) is 58.6 Å². The van der Waals surface area contributed by atoms with Crippen molar-refractivity contribution >= 4 is 40.6 Å². The molecule has 0 unspecified atom stereocenters. The summed E-state index contributed by atoms with van der Waals surface area (Å²) in [7, 11) is 2.03. The van der Waals surface area contributed by atoms with Gasteiger partial charge in [-0.1, -0.05) is 41.4 Å². The Morgan fingerprint density at radius 2 is 1.87 bits per heavy atom. The van der Waals surface area contributed by atoms with Gasteiger partial charge in [0.05, 0.1) is 10.7 Å². The summed E-state index contributed by atoms with van der Waals surface area (Å²) in [5, 5.41) is 6.46. The van der Waals surface area contributed by atoms with Crippen LogP contribution in [0.15, 0.2) is 48.5 Å². The minimum Gasteiger partial charge on any atom is -0.375 e. The van der Waals surface area contributed by atoms with Crippen LogP contribution in [0.4, 0.5) is 16.2 Å². The monoisotopic (exact) mass is 351 g/mol. The van der Waals surface area contributed by atoms with Gasteiger partial charge in [-0.15, -0.1) is 0 Å². The Labute approximate surface area is 146 Å². The number of carbonyl (C=O) groups excluding carboxylic acids is 1.